The predicted molar refractivity (Wildman–Crippen MR) is 137 cm³/mol. The zero-order chi connectivity index (χ0) is 25.7. The molecule has 0 aliphatic heterocycles. The van der Waals surface area contributed by atoms with Crippen LogP contribution in [0.3, 0.4) is 0 Å². The summed E-state index contributed by atoms with van der Waals surface area (Å²) >= 11 is 0. The van der Waals surface area contributed by atoms with Gasteiger partial charge in [0.1, 0.15) is 18.2 Å². The monoisotopic (exact) mass is 488 g/mol. The third-order valence-electron chi connectivity index (χ3n) is 6.06. The highest BCUT2D eigenvalue weighted by Crippen LogP contribution is 2.44. The van der Waals surface area contributed by atoms with Gasteiger partial charge in [-0.2, -0.15) is 0 Å². The number of esters is 1. The second kappa shape index (κ2) is 10.8. The van der Waals surface area contributed by atoms with Crippen molar-refractivity contribution in [1.29, 1.82) is 0 Å². The molecule has 188 valence electrons. The Morgan fingerprint density at radius 1 is 0.972 bits per heavy atom. The van der Waals surface area contributed by atoms with E-state index in [0.717, 1.165) is 27.8 Å². The van der Waals surface area contributed by atoms with Crippen molar-refractivity contribution in [2.75, 3.05) is 13.7 Å². The second-order valence-electron chi connectivity index (χ2n) is 9.80. The quantitative estimate of drug-likeness (QED) is 0.435. The van der Waals surface area contributed by atoms with Gasteiger partial charge in [0.25, 0.3) is 0 Å². The summed E-state index contributed by atoms with van der Waals surface area (Å²) < 4.78 is 16.3. The predicted octanol–water partition coefficient (Wildman–Crippen LogP) is 5.27. The van der Waals surface area contributed by atoms with Crippen molar-refractivity contribution >= 4 is 12.1 Å². The number of nitrogens with one attached hydrogen (secondary N) is 1. The standard InChI is InChI=1S/C29H32N2O5/c1-29(2,3)36-27(32)25(15-13-19-14-16-26(34-4)30-17-19)31-28(33)35-18-24-22-11-7-5-9-20(22)21-10-6-8-12-23(21)24/h5-12,14,16-17,24-25H,13,15,18H2,1-4H3,(H,31,33). The molecular weight excluding hydrogens is 456 g/mol. The van der Waals surface area contributed by atoms with E-state index in [1.54, 1.807) is 40.1 Å². The normalized spacial score (nSPS) is 13.3. The number of nitrogens with zero attached hydrogens (tertiary/aromatic N) is 1. The summed E-state index contributed by atoms with van der Waals surface area (Å²) in [5, 5.41) is 2.72. The van der Waals surface area contributed by atoms with E-state index >= 15 is 0 Å². The Morgan fingerprint density at radius 2 is 1.61 bits per heavy atom. The Balaban J connectivity index is 1.42. The number of aromatic nitrogens is 1. The lowest BCUT2D eigenvalue weighted by Gasteiger charge is -2.24. The van der Waals surface area contributed by atoms with Crippen LogP contribution in [0.15, 0.2) is 66.9 Å². The molecule has 1 unspecified atom stereocenters. The number of benzene rings is 2. The summed E-state index contributed by atoms with van der Waals surface area (Å²) in [5.74, 6) is -0.0508. The van der Waals surface area contributed by atoms with Crippen molar-refractivity contribution in [3.63, 3.8) is 0 Å². The van der Waals surface area contributed by atoms with Crippen LogP contribution in [-0.2, 0) is 20.7 Å². The van der Waals surface area contributed by atoms with E-state index in [0.29, 0.717) is 18.7 Å². The van der Waals surface area contributed by atoms with Crippen LogP contribution in [-0.4, -0.2) is 42.4 Å². The molecule has 1 atom stereocenters. The maximum atomic E-state index is 12.9. The fourth-order valence-corrected chi connectivity index (χ4v) is 4.39. The Kier molecular flexibility index (Phi) is 7.58. The number of carbonyl (C=O) groups is 2. The fourth-order valence-electron chi connectivity index (χ4n) is 4.39. The lowest BCUT2D eigenvalue weighted by molar-refractivity contribution is -0.157. The molecule has 0 radical (unpaired) electrons. The molecule has 4 rings (SSSR count). The molecule has 1 aromatic heterocycles. The van der Waals surface area contributed by atoms with Crippen molar-refractivity contribution in [2.45, 2.75) is 51.2 Å². The topological polar surface area (TPSA) is 86.8 Å². The van der Waals surface area contributed by atoms with E-state index in [1.165, 1.54) is 0 Å². The molecule has 7 nitrogen and oxygen atoms in total. The van der Waals surface area contributed by atoms with Crippen LogP contribution in [0.2, 0.25) is 0 Å². The van der Waals surface area contributed by atoms with Crippen LogP contribution in [0.4, 0.5) is 4.79 Å². The van der Waals surface area contributed by atoms with Crippen molar-refractivity contribution in [3.05, 3.63) is 83.6 Å². The molecule has 1 heterocycles. The number of carbonyl (C=O) groups excluding carboxylic acids is 2. The summed E-state index contributed by atoms with van der Waals surface area (Å²) in [6.45, 7) is 5.55. The van der Waals surface area contributed by atoms with Gasteiger partial charge >= 0.3 is 12.1 Å². The number of alkyl carbamates (subject to hydrolysis) is 1. The summed E-state index contributed by atoms with van der Waals surface area (Å²) in [5.41, 5.74) is 4.80. The highest BCUT2D eigenvalue weighted by Gasteiger charge is 2.31. The molecule has 0 spiro atoms. The number of hydrogen-bond acceptors (Lipinski definition) is 6. The molecule has 3 aromatic rings. The van der Waals surface area contributed by atoms with Gasteiger partial charge in [0.2, 0.25) is 5.88 Å². The molecule has 0 bridgehead atoms. The lowest BCUT2D eigenvalue weighted by Crippen LogP contribution is -2.45. The molecule has 2 aromatic carbocycles. The van der Waals surface area contributed by atoms with E-state index in [9.17, 15) is 9.59 Å². The fraction of sp³-hybridized carbons (Fsp3) is 0.345. The number of aryl methyl sites for hydroxylation is 1. The third-order valence-corrected chi connectivity index (χ3v) is 6.06. The summed E-state index contributed by atoms with van der Waals surface area (Å²) in [4.78, 5) is 29.9. The number of ether oxygens (including phenoxy) is 3. The Bertz CT molecular complexity index is 1170. The maximum absolute atomic E-state index is 12.9. The van der Waals surface area contributed by atoms with Gasteiger partial charge in [-0.1, -0.05) is 54.6 Å². The van der Waals surface area contributed by atoms with E-state index < -0.39 is 23.7 Å². The molecule has 1 N–H and O–H groups in total. The average Bonchev–Trinajstić information content (AvgIpc) is 3.18. The van der Waals surface area contributed by atoms with E-state index in [1.807, 2.05) is 30.3 Å². The molecule has 1 aliphatic carbocycles. The number of methoxy groups -OCH3 is 1. The van der Waals surface area contributed by atoms with Gasteiger partial charge in [-0.15, -0.1) is 0 Å². The van der Waals surface area contributed by atoms with Crippen LogP contribution in [0.5, 0.6) is 5.88 Å². The zero-order valence-electron chi connectivity index (χ0n) is 21.1. The first kappa shape index (κ1) is 25.2. The third kappa shape index (κ3) is 6.03. The van der Waals surface area contributed by atoms with Crippen molar-refractivity contribution in [1.82, 2.24) is 10.3 Å². The van der Waals surface area contributed by atoms with Crippen LogP contribution in [0, 0.1) is 0 Å². The van der Waals surface area contributed by atoms with Gasteiger partial charge in [-0.25, -0.2) is 14.6 Å². The number of hydrogen-bond donors (Lipinski definition) is 1. The largest absolute Gasteiger partial charge is 0.481 e. The van der Waals surface area contributed by atoms with Gasteiger partial charge in [0.15, 0.2) is 0 Å². The first-order chi connectivity index (χ1) is 17.2. The van der Waals surface area contributed by atoms with E-state index in [2.05, 4.69) is 34.6 Å². The highest BCUT2D eigenvalue weighted by atomic mass is 16.6. The molecule has 7 heteroatoms. The minimum atomic E-state index is -0.859. The van der Waals surface area contributed by atoms with Crippen LogP contribution in [0.25, 0.3) is 11.1 Å². The van der Waals surface area contributed by atoms with Gasteiger partial charge < -0.3 is 19.5 Å². The minimum absolute atomic E-state index is 0.0616. The summed E-state index contributed by atoms with van der Waals surface area (Å²) in [6, 6.07) is 19.1. The lowest BCUT2D eigenvalue weighted by atomic mass is 9.98. The first-order valence-electron chi connectivity index (χ1n) is 12.1. The highest BCUT2D eigenvalue weighted by molar-refractivity contribution is 5.82. The van der Waals surface area contributed by atoms with Gasteiger partial charge in [0.05, 0.1) is 7.11 Å². The Labute approximate surface area is 211 Å². The Hall–Kier alpha value is -3.87. The van der Waals surface area contributed by atoms with Crippen molar-refractivity contribution < 1.29 is 23.8 Å². The van der Waals surface area contributed by atoms with Crippen LogP contribution in [0.1, 0.15) is 49.8 Å². The maximum Gasteiger partial charge on any atom is 0.407 e. The van der Waals surface area contributed by atoms with Gasteiger partial charge in [-0.3, -0.25) is 0 Å². The van der Waals surface area contributed by atoms with Crippen molar-refractivity contribution in [2.24, 2.45) is 0 Å². The summed E-state index contributed by atoms with van der Waals surface area (Å²) in [7, 11) is 1.55. The molecule has 1 aliphatic rings. The van der Waals surface area contributed by atoms with Crippen LogP contribution < -0.4 is 10.1 Å². The molecule has 1 amide bonds. The van der Waals surface area contributed by atoms with Gasteiger partial charge in [-0.05, 0) is 61.4 Å². The smallest absolute Gasteiger partial charge is 0.407 e. The molecule has 0 saturated carbocycles. The number of fused-ring (bicyclic) bond motifs is 3. The molecule has 0 saturated heterocycles. The minimum Gasteiger partial charge on any atom is -0.481 e. The second-order valence-corrected chi connectivity index (χ2v) is 9.80. The van der Waals surface area contributed by atoms with E-state index in [-0.39, 0.29) is 12.5 Å². The SMILES string of the molecule is COc1ccc(CCC(NC(=O)OCC2c3ccccc3-c3ccccc32)C(=O)OC(C)(C)C)cn1. The molecule has 0 fully saturated rings. The zero-order valence-corrected chi connectivity index (χ0v) is 21.1. The van der Waals surface area contributed by atoms with E-state index in [4.69, 9.17) is 14.2 Å². The first-order valence-corrected chi connectivity index (χ1v) is 12.1. The number of pyridine rings is 1. The van der Waals surface area contributed by atoms with Crippen LogP contribution >= 0.6 is 0 Å². The number of rotatable bonds is 8. The molecular formula is C29H32N2O5. The Morgan fingerprint density at radius 3 is 2.17 bits per heavy atom. The van der Waals surface area contributed by atoms with Gasteiger partial charge in [0, 0.05) is 18.2 Å². The number of amides is 1. The van der Waals surface area contributed by atoms with Crippen molar-refractivity contribution in [3.8, 4) is 17.0 Å². The average molecular weight is 489 g/mol. The summed E-state index contributed by atoms with van der Waals surface area (Å²) in [6.07, 6.45) is 1.90. The molecule has 36 heavy (non-hydrogen) atoms.